The van der Waals surface area contributed by atoms with Gasteiger partial charge in [-0.2, -0.15) is 0 Å². The monoisotopic (exact) mass is 219 g/mol. The third-order valence-corrected chi connectivity index (χ3v) is 3.34. The van der Waals surface area contributed by atoms with Gasteiger partial charge in [0.05, 0.1) is 5.41 Å². The molecule has 1 aliphatic rings. The van der Waals surface area contributed by atoms with Crippen LogP contribution >= 0.6 is 0 Å². The zero-order valence-electron chi connectivity index (χ0n) is 9.95. The number of hydrogen-bond acceptors (Lipinski definition) is 2. The van der Waals surface area contributed by atoms with Crippen LogP contribution in [0, 0.1) is 0 Å². The van der Waals surface area contributed by atoms with Gasteiger partial charge in [-0.1, -0.05) is 12.1 Å². The average Bonchev–Trinajstić information content (AvgIpc) is 2.42. The molecule has 0 unspecified atom stereocenters. The maximum atomic E-state index is 12.0. The van der Waals surface area contributed by atoms with E-state index in [1.807, 2.05) is 39.1 Å². The van der Waals surface area contributed by atoms with Gasteiger partial charge in [0.2, 0.25) is 5.91 Å². The second kappa shape index (κ2) is 3.59. The molecule has 3 heteroatoms. The van der Waals surface area contributed by atoms with Crippen LogP contribution in [0.3, 0.4) is 0 Å². The smallest absolute Gasteiger partial charge is 0.236 e. The lowest BCUT2D eigenvalue weighted by Crippen LogP contribution is -2.33. The van der Waals surface area contributed by atoms with Crippen molar-refractivity contribution in [2.45, 2.75) is 25.7 Å². The summed E-state index contributed by atoms with van der Waals surface area (Å²) in [5, 5.41) is 8.92. The van der Waals surface area contributed by atoms with Crippen molar-refractivity contribution in [2.75, 3.05) is 18.6 Å². The van der Waals surface area contributed by atoms with Gasteiger partial charge in [0.15, 0.2) is 0 Å². The number of fused-ring (bicyclic) bond motifs is 1. The van der Waals surface area contributed by atoms with Gasteiger partial charge in [0.25, 0.3) is 0 Å². The van der Waals surface area contributed by atoms with Gasteiger partial charge in [-0.3, -0.25) is 4.79 Å². The molecular weight excluding hydrogens is 202 g/mol. The van der Waals surface area contributed by atoms with E-state index in [0.717, 1.165) is 16.8 Å². The van der Waals surface area contributed by atoms with Crippen molar-refractivity contribution < 1.29 is 9.90 Å². The number of rotatable bonds is 2. The van der Waals surface area contributed by atoms with Gasteiger partial charge in [-0.25, -0.2) is 0 Å². The number of aliphatic hydroxyl groups is 1. The topological polar surface area (TPSA) is 40.5 Å². The third-order valence-electron chi connectivity index (χ3n) is 3.34. The molecule has 0 spiro atoms. The number of amides is 1. The Labute approximate surface area is 95.7 Å². The molecule has 1 aliphatic heterocycles. The summed E-state index contributed by atoms with van der Waals surface area (Å²) in [6.07, 6.45) is 0.640. The summed E-state index contributed by atoms with van der Waals surface area (Å²) in [4.78, 5) is 13.7. The zero-order chi connectivity index (χ0) is 11.9. The molecule has 0 aliphatic carbocycles. The van der Waals surface area contributed by atoms with Crippen LogP contribution in [0.5, 0.6) is 0 Å². The molecule has 0 bridgehead atoms. The van der Waals surface area contributed by atoms with Crippen molar-refractivity contribution in [3.63, 3.8) is 0 Å². The van der Waals surface area contributed by atoms with E-state index in [-0.39, 0.29) is 12.5 Å². The lowest BCUT2D eigenvalue weighted by Gasteiger charge is -2.16. The van der Waals surface area contributed by atoms with E-state index in [4.69, 9.17) is 5.11 Å². The number of likely N-dealkylation sites (N-methyl/N-ethyl adjacent to an activating group) is 1. The van der Waals surface area contributed by atoms with Crippen LogP contribution in [0.4, 0.5) is 5.69 Å². The number of carbonyl (C=O) groups is 1. The first kappa shape index (κ1) is 11.1. The van der Waals surface area contributed by atoms with Crippen molar-refractivity contribution >= 4 is 11.6 Å². The Morgan fingerprint density at radius 3 is 2.69 bits per heavy atom. The summed E-state index contributed by atoms with van der Waals surface area (Å²) < 4.78 is 0. The molecule has 1 aromatic rings. The summed E-state index contributed by atoms with van der Waals surface area (Å²) in [6, 6.07) is 5.97. The van der Waals surface area contributed by atoms with Crippen molar-refractivity contribution in [3.05, 3.63) is 29.3 Å². The summed E-state index contributed by atoms with van der Waals surface area (Å²) in [6.45, 7) is 4.03. The number of anilines is 1. The van der Waals surface area contributed by atoms with Crippen LogP contribution in [0.15, 0.2) is 18.2 Å². The second-order valence-corrected chi connectivity index (χ2v) is 4.81. The summed E-state index contributed by atoms with van der Waals surface area (Å²) in [5.74, 6) is 0.128. The van der Waals surface area contributed by atoms with Crippen molar-refractivity contribution in [2.24, 2.45) is 0 Å². The van der Waals surface area contributed by atoms with Crippen molar-refractivity contribution in [3.8, 4) is 0 Å². The summed E-state index contributed by atoms with van der Waals surface area (Å²) in [7, 11) is 1.81. The Morgan fingerprint density at radius 2 is 2.06 bits per heavy atom. The van der Waals surface area contributed by atoms with Crippen LogP contribution in [0.2, 0.25) is 0 Å². The van der Waals surface area contributed by atoms with Crippen LogP contribution in [-0.4, -0.2) is 24.7 Å². The van der Waals surface area contributed by atoms with Gasteiger partial charge >= 0.3 is 0 Å². The minimum Gasteiger partial charge on any atom is -0.396 e. The van der Waals surface area contributed by atoms with E-state index in [1.54, 1.807) is 4.90 Å². The van der Waals surface area contributed by atoms with E-state index in [2.05, 4.69) is 0 Å². The van der Waals surface area contributed by atoms with E-state index < -0.39 is 5.41 Å². The molecule has 2 rings (SSSR count). The highest BCUT2D eigenvalue weighted by molar-refractivity contribution is 6.07. The maximum Gasteiger partial charge on any atom is 0.236 e. The van der Waals surface area contributed by atoms with E-state index >= 15 is 0 Å². The fraction of sp³-hybridized carbons (Fsp3) is 0.462. The van der Waals surface area contributed by atoms with Gasteiger partial charge in [-0.05, 0) is 37.5 Å². The highest BCUT2D eigenvalue weighted by Gasteiger charge is 2.41. The normalized spacial score (nSPS) is 17.8. The molecular formula is C13H17NO2. The molecule has 0 aromatic heterocycles. The van der Waals surface area contributed by atoms with Crippen molar-refractivity contribution in [1.82, 2.24) is 0 Å². The fourth-order valence-electron chi connectivity index (χ4n) is 2.30. The Kier molecular flexibility index (Phi) is 2.50. The number of nitrogens with zero attached hydrogens (tertiary/aromatic N) is 1. The SMILES string of the molecule is CN1C(=O)C(C)(C)c2cc(CCO)ccc21. The predicted octanol–water partition coefficient (Wildman–Crippen LogP) is 1.48. The second-order valence-electron chi connectivity index (χ2n) is 4.81. The summed E-state index contributed by atoms with van der Waals surface area (Å²) >= 11 is 0. The van der Waals surface area contributed by atoms with Crippen LogP contribution in [0.1, 0.15) is 25.0 Å². The molecule has 1 heterocycles. The molecule has 1 N–H and O–H groups in total. The molecule has 1 aromatic carbocycles. The molecule has 0 fully saturated rings. The van der Waals surface area contributed by atoms with Gasteiger partial charge in [0.1, 0.15) is 0 Å². The third kappa shape index (κ3) is 1.43. The van der Waals surface area contributed by atoms with Gasteiger partial charge in [-0.15, -0.1) is 0 Å². The fourth-order valence-corrected chi connectivity index (χ4v) is 2.30. The Hall–Kier alpha value is -1.35. The predicted molar refractivity (Wildman–Crippen MR) is 63.7 cm³/mol. The Balaban J connectivity index is 2.52. The molecule has 0 saturated carbocycles. The lowest BCUT2D eigenvalue weighted by molar-refractivity contribution is -0.121. The largest absolute Gasteiger partial charge is 0.396 e. The number of hydrogen-bond donors (Lipinski definition) is 1. The minimum absolute atomic E-state index is 0.128. The maximum absolute atomic E-state index is 12.0. The molecule has 0 saturated heterocycles. The van der Waals surface area contributed by atoms with Gasteiger partial charge in [0, 0.05) is 19.3 Å². The first-order valence-corrected chi connectivity index (χ1v) is 5.51. The van der Waals surface area contributed by atoms with Gasteiger partial charge < -0.3 is 10.0 Å². The van der Waals surface area contributed by atoms with Crippen LogP contribution < -0.4 is 4.90 Å². The summed E-state index contributed by atoms with van der Waals surface area (Å²) in [5.41, 5.74) is 2.68. The van der Waals surface area contributed by atoms with Crippen LogP contribution in [0.25, 0.3) is 0 Å². The highest BCUT2D eigenvalue weighted by atomic mass is 16.3. The van der Waals surface area contributed by atoms with E-state index in [1.165, 1.54) is 0 Å². The first-order chi connectivity index (χ1) is 7.48. The Bertz CT molecular complexity index is 438. The lowest BCUT2D eigenvalue weighted by atomic mass is 9.85. The number of carbonyl (C=O) groups excluding carboxylic acids is 1. The zero-order valence-corrected chi connectivity index (χ0v) is 9.95. The molecule has 86 valence electrons. The quantitative estimate of drug-likeness (QED) is 0.818. The highest BCUT2D eigenvalue weighted by Crippen LogP contribution is 2.40. The van der Waals surface area contributed by atoms with Crippen LogP contribution in [-0.2, 0) is 16.6 Å². The number of benzene rings is 1. The molecule has 16 heavy (non-hydrogen) atoms. The average molecular weight is 219 g/mol. The van der Waals surface area contributed by atoms with Crippen molar-refractivity contribution in [1.29, 1.82) is 0 Å². The number of aliphatic hydroxyl groups excluding tert-OH is 1. The molecule has 0 atom stereocenters. The molecule has 0 radical (unpaired) electrons. The Morgan fingerprint density at radius 1 is 1.38 bits per heavy atom. The standard InChI is InChI=1S/C13H17NO2/c1-13(2)10-8-9(6-7-15)4-5-11(10)14(3)12(13)16/h4-5,8,15H,6-7H2,1-3H3. The van der Waals surface area contributed by atoms with E-state index in [9.17, 15) is 4.79 Å². The minimum atomic E-state index is -0.449. The molecule has 1 amide bonds. The van der Waals surface area contributed by atoms with E-state index in [0.29, 0.717) is 6.42 Å². The first-order valence-electron chi connectivity index (χ1n) is 5.51. The molecule has 3 nitrogen and oxygen atoms in total.